The third-order valence-electron chi connectivity index (χ3n) is 3.51. The van der Waals surface area contributed by atoms with Crippen molar-refractivity contribution in [3.63, 3.8) is 0 Å². The zero-order valence-electron chi connectivity index (χ0n) is 13.4. The number of nitrogens with zero attached hydrogens (tertiary/aromatic N) is 3. The molecular weight excluding hydrogens is 278 g/mol. The molecule has 22 heavy (non-hydrogen) atoms. The van der Waals surface area contributed by atoms with Gasteiger partial charge in [-0.2, -0.15) is 0 Å². The highest BCUT2D eigenvalue weighted by atomic mass is 16.4. The molecule has 0 amide bonds. The SMILES string of the molecule is CCCCn1c(-c2ccccc2)nc(C(=O)O)c1CN(C)C. The van der Waals surface area contributed by atoms with Crippen molar-refractivity contribution in [3.05, 3.63) is 41.7 Å². The second kappa shape index (κ2) is 7.22. The van der Waals surface area contributed by atoms with Crippen LogP contribution >= 0.6 is 0 Å². The maximum absolute atomic E-state index is 11.6. The van der Waals surface area contributed by atoms with Crippen LogP contribution in [0.5, 0.6) is 0 Å². The molecule has 0 fully saturated rings. The van der Waals surface area contributed by atoms with Gasteiger partial charge in [0.25, 0.3) is 0 Å². The average Bonchev–Trinajstić information content (AvgIpc) is 2.84. The fraction of sp³-hybridized carbons (Fsp3) is 0.412. The van der Waals surface area contributed by atoms with E-state index in [2.05, 4.69) is 16.5 Å². The summed E-state index contributed by atoms with van der Waals surface area (Å²) in [7, 11) is 3.87. The van der Waals surface area contributed by atoms with Gasteiger partial charge in [-0.3, -0.25) is 0 Å². The molecule has 118 valence electrons. The van der Waals surface area contributed by atoms with E-state index in [1.807, 2.05) is 49.3 Å². The summed E-state index contributed by atoms with van der Waals surface area (Å²) >= 11 is 0. The highest BCUT2D eigenvalue weighted by Gasteiger charge is 2.22. The van der Waals surface area contributed by atoms with Gasteiger partial charge in [0.2, 0.25) is 0 Å². The fourth-order valence-electron chi connectivity index (χ4n) is 2.48. The Bertz CT molecular complexity index is 633. The maximum Gasteiger partial charge on any atom is 0.356 e. The van der Waals surface area contributed by atoms with Crippen LogP contribution in [0.3, 0.4) is 0 Å². The van der Waals surface area contributed by atoms with Crippen LogP contribution in [0.25, 0.3) is 11.4 Å². The van der Waals surface area contributed by atoms with Crippen LogP contribution in [0.2, 0.25) is 0 Å². The summed E-state index contributed by atoms with van der Waals surface area (Å²) < 4.78 is 2.06. The van der Waals surface area contributed by atoms with Crippen molar-refractivity contribution < 1.29 is 9.90 Å². The second-order valence-electron chi connectivity index (χ2n) is 5.64. The number of hydrogen-bond donors (Lipinski definition) is 1. The Morgan fingerprint density at radius 3 is 2.50 bits per heavy atom. The first-order chi connectivity index (χ1) is 10.5. The Hall–Kier alpha value is -2.14. The molecule has 1 N–H and O–H groups in total. The van der Waals surface area contributed by atoms with Crippen LogP contribution in [0, 0.1) is 0 Å². The summed E-state index contributed by atoms with van der Waals surface area (Å²) in [5, 5.41) is 9.49. The molecule has 0 saturated heterocycles. The van der Waals surface area contributed by atoms with Crippen molar-refractivity contribution in [2.24, 2.45) is 0 Å². The van der Waals surface area contributed by atoms with Gasteiger partial charge in [-0.15, -0.1) is 0 Å². The summed E-state index contributed by atoms with van der Waals surface area (Å²) in [6.45, 7) is 3.47. The van der Waals surface area contributed by atoms with Crippen molar-refractivity contribution in [2.75, 3.05) is 14.1 Å². The number of rotatable bonds is 7. The van der Waals surface area contributed by atoms with Crippen LogP contribution < -0.4 is 0 Å². The minimum Gasteiger partial charge on any atom is -0.476 e. The predicted molar refractivity (Wildman–Crippen MR) is 86.9 cm³/mol. The summed E-state index contributed by atoms with van der Waals surface area (Å²) in [6.07, 6.45) is 2.05. The van der Waals surface area contributed by atoms with Gasteiger partial charge in [0.1, 0.15) is 5.82 Å². The van der Waals surface area contributed by atoms with Crippen molar-refractivity contribution in [3.8, 4) is 11.4 Å². The number of carbonyl (C=O) groups is 1. The maximum atomic E-state index is 11.6. The van der Waals surface area contributed by atoms with Crippen LogP contribution in [0.4, 0.5) is 0 Å². The molecule has 1 aromatic heterocycles. The topological polar surface area (TPSA) is 58.4 Å². The van der Waals surface area contributed by atoms with Crippen LogP contribution in [0.15, 0.2) is 30.3 Å². The number of unbranched alkanes of at least 4 members (excludes halogenated alkanes) is 1. The molecule has 0 aliphatic heterocycles. The molecule has 0 bridgehead atoms. The first-order valence-electron chi connectivity index (χ1n) is 7.57. The molecule has 0 aliphatic rings. The summed E-state index contributed by atoms with van der Waals surface area (Å²) in [5.74, 6) is -0.229. The van der Waals surface area contributed by atoms with Crippen LogP contribution in [0.1, 0.15) is 35.9 Å². The van der Waals surface area contributed by atoms with Gasteiger partial charge in [0.15, 0.2) is 5.69 Å². The molecule has 0 radical (unpaired) electrons. The fourth-order valence-corrected chi connectivity index (χ4v) is 2.48. The van der Waals surface area contributed by atoms with E-state index in [-0.39, 0.29) is 5.69 Å². The van der Waals surface area contributed by atoms with Gasteiger partial charge >= 0.3 is 5.97 Å². The van der Waals surface area contributed by atoms with Gasteiger partial charge in [-0.05, 0) is 20.5 Å². The lowest BCUT2D eigenvalue weighted by atomic mass is 10.2. The second-order valence-corrected chi connectivity index (χ2v) is 5.64. The normalized spacial score (nSPS) is 11.1. The minimum atomic E-state index is -0.968. The molecule has 0 atom stereocenters. The van der Waals surface area contributed by atoms with E-state index in [0.29, 0.717) is 6.54 Å². The summed E-state index contributed by atoms with van der Waals surface area (Å²) in [6, 6.07) is 9.77. The molecule has 0 unspecified atom stereocenters. The molecule has 0 aliphatic carbocycles. The highest BCUT2D eigenvalue weighted by Crippen LogP contribution is 2.24. The summed E-state index contributed by atoms with van der Waals surface area (Å²) in [4.78, 5) is 18.0. The van der Waals surface area contributed by atoms with E-state index in [1.54, 1.807) is 0 Å². The monoisotopic (exact) mass is 301 g/mol. The zero-order chi connectivity index (χ0) is 16.1. The largest absolute Gasteiger partial charge is 0.476 e. The van der Waals surface area contributed by atoms with Crippen molar-refractivity contribution in [1.29, 1.82) is 0 Å². The first-order valence-corrected chi connectivity index (χ1v) is 7.57. The van der Waals surface area contributed by atoms with E-state index in [1.165, 1.54) is 0 Å². The molecule has 2 aromatic rings. The van der Waals surface area contributed by atoms with Gasteiger partial charge in [-0.25, -0.2) is 9.78 Å². The zero-order valence-corrected chi connectivity index (χ0v) is 13.4. The molecule has 0 saturated carbocycles. The average molecular weight is 301 g/mol. The van der Waals surface area contributed by atoms with Gasteiger partial charge in [0, 0.05) is 18.7 Å². The lowest BCUT2D eigenvalue weighted by Crippen LogP contribution is -2.18. The molecule has 5 heteroatoms. The lowest BCUT2D eigenvalue weighted by molar-refractivity contribution is 0.0688. The Balaban J connectivity index is 2.58. The van der Waals surface area contributed by atoms with Crippen LogP contribution in [-0.4, -0.2) is 39.6 Å². The quantitative estimate of drug-likeness (QED) is 0.853. The number of carboxylic acid groups (broad SMARTS) is 1. The third-order valence-corrected chi connectivity index (χ3v) is 3.51. The molecule has 1 heterocycles. The Morgan fingerprint density at radius 1 is 1.27 bits per heavy atom. The van der Waals surface area contributed by atoms with E-state index in [0.717, 1.165) is 36.5 Å². The number of aromatic carboxylic acids is 1. The number of hydrogen-bond acceptors (Lipinski definition) is 3. The van der Waals surface area contributed by atoms with E-state index >= 15 is 0 Å². The molecule has 2 rings (SSSR count). The number of imidazole rings is 1. The molecule has 5 nitrogen and oxygen atoms in total. The number of benzene rings is 1. The van der Waals surface area contributed by atoms with Gasteiger partial charge in [0.05, 0.1) is 5.69 Å². The van der Waals surface area contributed by atoms with Gasteiger partial charge < -0.3 is 14.6 Å². The first kappa shape index (κ1) is 16.2. The molecule has 1 aromatic carbocycles. The van der Waals surface area contributed by atoms with E-state index < -0.39 is 5.97 Å². The lowest BCUT2D eigenvalue weighted by Gasteiger charge is -2.15. The smallest absolute Gasteiger partial charge is 0.356 e. The molecule has 0 spiro atoms. The Morgan fingerprint density at radius 2 is 1.95 bits per heavy atom. The highest BCUT2D eigenvalue weighted by molar-refractivity contribution is 5.88. The Kier molecular flexibility index (Phi) is 5.33. The van der Waals surface area contributed by atoms with Crippen LogP contribution in [-0.2, 0) is 13.1 Å². The van der Waals surface area contributed by atoms with Gasteiger partial charge in [-0.1, -0.05) is 43.7 Å². The van der Waals surface area contributed by atoms with Crippen molar-refractivity contribution in [2.45, 2.75) is 32.9 Å². The van der Waals surface area contributed by atoms with Crippen molar-refractivity contribution in [1.82, 2.24) is 14.5 Å². The number of aromatic nitrogens is 2. The number of carboxylic acids is 1. The summed E-state index contributed by atoms with van der Waals surface area (Å²) in [5.41, 5.74) is 1.87. The molecular formula is C17H23N3O2. The minimum absolute atomic E-state index is 0.156. The Labute approximate surface area is 131 Å². The predicted octanol–water partition coefficient (Wildman–Crippen LogP) is 3.11. The van der Waals surface area contributed by atoms with E-state index in [9.17, 15) is 9.90 Å². The van der Waals surface area contributed by atoms with E-state index in [4.69, 9.17) is 0 Å². The standard InChI is InChI=1S/C17H23N3O2/c1-4-5-11-20-14(12-19(2)3)15(17(21)22)18-16(20)13-9-7-6-8-10-13/h6-10H,4-5,11-12H2,1-3H3,(H,21,22). The van der Waals surface area contributed by atoms with Crippen molar-refractivity contribution >= 4 is 5.97 Å². The third kappa shape index (κ3) is 3.54.